The molecule has 3 heterocycles. The van der Waals surface area contributed by atoms with Crippen molar-refractivity contribution in [3.05, 3.63) is 102 Å². The molecule has 1 aliphatic heterocycles. The van der Waals surface area contributed by atoms with Gasteiger partial charge in [-0.25, -0.2) is 0 Å². The lowest BCUT2D eigenvalue weighted by Crippen LogP contribution is -2.23. The number of hydrogen-bond acceptors (Lipinski definition) is 4. The molecule has 0 bridgehead atoms. The number of carbonyl (C=O) groups is 2. The van der Waals surface area contributed by atoms with E-state index in [0.29, 0.717) is 30.0 Å². The molecule has 0 fully saturated rings. The number of benzene rings is 3. The molecular weight excluding hydrogens is 454 g/mol. The summed E-state index contributed by atoms with van der Waals surface area (Å²) >= 11 is 0. The SMILES string of the molecule is O=C1NC(=O)C(n2ccc3ccccc32)=C1c1cn(CCO)c2ccc(OCc3ccccc3)cc12. The Labute approximate surface area is 206 Å². The first-order valence-electron chi connectivity index (χ1n) is 11.7. The van der Waals surface area contributed by atoms with Gasteiger partial charge in [0.1, 0.15) is 18.1 Å². The van der Waals surface area contributed by atoms with Crippen LogP contribution in [0, 0.1) is 0 Å². The molecule has 2 amide bonds. The molecule has 2 aromatic heterocycles. The van der Waals surface area contributed by atoms with Gasteiger partial charge in [0, 0.05) is 35.4 Å². The molecule has 0 saturated carbocycles. The Hall–Kier alpha value is -4.62. The van der Waals surface area contributed by atoms with Gasteiger partial charge < -0.3 is 19.0 Å². The minimum atomic E-state index is -0.452. The van der Waals surface area contributed by atoms with Crippen molar-refractivity contribution >= 4 is 44.9 Å². The topological polar surface area (TPSA) is 85.5 Å². The van der Waals surface area contributed by atoms with Crippen LogP contribution in [0.5, 0.6) is 5.75 Å². The van der Waals surface area contributed by atoms with Crippen molar-refractivity contribution in [3.8, 4) is 5.75 Å². The number of para-hydroxylation sites is 1. The third-order valence-corrected chi connectivity index (χ3v) is 6.46. The van der Waals surface area contributed by atoms with E-state index in [9.17, 15) is 14.7 Å². The number of aromatic nitrogens is 2. The number of aliphatic hydroxyl groups excluding tert-OH is 1. The van der Waals surface area contributed by atoms with Crippen molar-refractivity contribution in [1.29, 1.82) is 0 Å². The second kappa shape index (κ2) is 8.87. The number of hydrogen-bond donors (Lipinski definition) is 2. The molecule has 2 N–H and O–H groups in total. The predicted octanol–water partition coefficient (Wildman–Crippen LogP) is 4.19. The normalized spacial score (nSPS) is 13.7. The van der Waals surface area contributed by atoms with E-state index in [1.165, 1.54) is 0 Å². The maximum absolute atomic E-state index is 13.1. The second-order valence-corrected chi connectivity index (χ2v) is 8.66. The van der Waals surface area contributed by atoms with Crippen LogP contribution in [0.3, 0.4) is 0 Å². The van der Waals surface area contributed by atoms with E-state index in [1.807, 2.05) is 89.6 Å². The highest BCUT2D eigenvalue weighted by atomic mass is 16.5. The monoisotopic (exact) mass is 477 g/mol. The van der Waals surface area contributed by atoms with Gasteiger partial charge in [-0.2, -0.15) is 0 Å². The highest BCUT2D eigenvalue weighted by Crippen LogP contribution is 2.36. The van der Waals surface area contributed by atoms with Gasteiger partial charge in [0.15, 0.2) is 0 Å². The van der Waals surface area contributed by atoms with Crippen molar-refractivity contribution in [2.24, 2.45) is 0 Å². The second-order valence-electron chi connectivity index (χ2n) is 8.66. The summed E-state index contributed by atoms with van der Waals surface area (Å²) in [5, 5.41) is 13.8. The Balaban J connectivity index is 1.51. The zero-order valence-electron chi connectivity index (χ0n) is 19.3. The first-order valence-corrected chi connectivity index (χ1v) is 11.7. The number of fused-ring (bicyclic) bond motifs is 2. The molecule has 6 rings (SSSR count). The number of amides is 2. The Kier molecular flexibility index (Phi) is 5.39. The van der Waals surface area contributed by atoms with E-state index in [-0.39, 0.29) is 12.3 Å². The van der Waals surface area contributed by atoms with E-state index in [1.54, 1.807) is 10.8 Å². The van der Waals surface area contributed by atoms with Crippen molar-refractivity contribution in [2.45, 2.75) is 13.2 Å². The van der Waals surface area contributed by atoms with E-state index in [4.69, 9.17) is 4.74 Å². The van der Waals surface area contributed by atoms with Crippen LogP contribution in [0.1, 0.15) is 11.1 Å². The number of ether oxygens (including phenoxy) is 1. The molecule has 7 heteroatoms. The van der Waals surface area contributed by atoms with Crippen LogP contribution >= 0.6 is 0 Å². The van der Waals surface area contributed by atoms with Gasteiger partial charge in [0.2, 0.25) is 0 Å². The maximum Gasteiger partial charge on any atom is 0.275 e. The highest BCUT2D eigenvalue weighted by molar-refractivity contribution is 6.47. The van der Waals surface area contributed by atoms with Crippen LogP contribution in [-0.4, -0.2) is 32.7 Å². The molecule has 178 valence electrons. The Bertz CT molecular complexity index is 1660. The van der Waals surface area contributed by atoms with Crippen molar-refractivity contribution in [2.75, 3.05) is 6.61 Å². The zero-order valence-corrected chi connectivity index (χ0v) is 19.3. The summed E-state index contributed by atoms with van der Waals surface area (Å²) < 4.78 is 9.69. The van der Waals surface area contributed by atoms with Crippen LogP contribution in [0.25, 0.3) is 33.1 Å². The number of aliphatic hydroxyl groups is 1. The Morgan fingerprint density at radius 1 is 0.861 bits per heavy atom. The van der Waals surface area contributed by atoms with Gasteiger partial charge in [0.05, 0.1) is 17.7 Å². The fraction of sp³-hybridized carbons (Fsp3) is 0.103. The molecular formula is C29H23N3O4. The molecule has 0 radical (unpaired) electrons. The number of nitrogens with zero attached hydrogens (tertiary/aromatic N) is 2. The lowest BCUT2D eigenvalue weighted by atomic mass is 10.0. The third-order valence-electron chi connectivity index (χ3n) is 6.46. The predicted molar refractivity (Wildman–Crippen MR) is 138 cm³/mol. The van der Waals surface area contributed by atoms with Crippen molar-refractivity contribution in [1.82, 2.24) is 14.5 Å². The number of rotatable bonds is 7. The van der Waals surface area contributed by atoms with Gasteiger partial charge in [-0.1, -0.05) is 48.5 Å². The van der Waals surface area contributed by atoms with E-state index >= 15 is 0 Å². The van der Waals surface area contributed by atoms with Crippen LogP contribution in [0.2, 0.25) is 0 Å². The molecule has 0 unspecified atom stereocenters. The van der Waals surface area contributed by atoms with E-state index in [0.717, 1.165) is 27.4 Å². The van der Waals surface area contributed by atoms with Crippen molar-refractivity contribution < 1.29 is 19.4 Å². The van der Waals surface area contributed by atoms with Crippen LogP contribution in [-0.2, 0) is 22.7 Å². The molecule has 3 aromatic carbocycles. The molecule has 36 heavy (non-hydrogen) atoms. The summed E-state index contributed by atoms with van der Waals surface area (Å²) in [7, 11) is 0. The molecule has 0 aliphatic carbocycles. The van der Waals surface area contributed by atoms with Gasteiger partial charge in [-0.05, 0) is 41.3 Å². The number of carbonyl (C=O) groups excluding carboxylic acids is 2. The third kappa shape index (κ3) is 3.66. The molecule has 0 saturated heterocycles. The minimum absolute atomic E-state index is 0.0608. The number of imide groups is 1. The average molecular weight is 478 g/mol. The highest BCUT2D eigenvalue weighted by Gasteiger charge is 2.34. The fourth-order valence-corrected chi connectivity index (χ4v) is 4.80. The van der Waals surface area contributed by atoms with E-state index in [2.05, 4.69) is 5.32 Å². The molecule has 5 aromatic rings. The summed E-state index contributed by atoms with van der Waals surface area (Å²) in [5.41, 5.74) is 3.90. The molecule has 0 spiro atoms. The summed E-state index contributed by atoms with van der Waals surface area (Å²) in [6.45, 7) is 0.696. The van der Waals surface area contributed by atoms with Crippen LogP contribution in [0.4, 0.5) is 0 Å². The van der Waals surface area contributed by atoms with Gasteiger partial charge in [0.25, 0.3) is 11.8 Å². The van der Waals surface area contributed by atoms with E-state index < -0.39 is 11.8 Å². The smallest absolute Gasteiger partial charge is 0.275 e. The summed E-state index contributed by atoms with van der Waals surface area (Å²) in [4.78, 5) is 26.2. The standard InChI is InChI=1S/C29H23N3O4/c33-15-14-31-17-23(22-16-21(10-11-25(22)31)36-18-19-6-2-1-3-7-19)26-27(29(35)30-28(26)34)32-13-12-20-8-4-5-9-24(20)32/h1-13,16-17,33H,14-15,18H2,(H,30,34,35). The summed E-state index contributed by atoms with van der Waals surface area (Å²) in [6.07, 6.45) is 3.63. The lowest BCUT2D eigenvalue weighted by Gasteiger charge is -2.09. The van der Waals surface area contributed by atoms with Gasteiger partial charge in [-0.3, -0.25) is 14.9 Å². The quantitative estimate of drug-likeness (QED) is 0.344. The minimum Gasteiger partial charge on any atom is -0.489 e. The van der Waals surface area contributed by atoms with Crippen molar-refractivity contribution in [3.63, 3.8) is 0 Å². The molecule has 0 atom stereocenters. The number of nitrogens with one attached hydrogen (secondary N) is 1. The van der Waals surface area contributed by atoms with Gasteiger partial charge >= 0.3 is 0 Å². The van der Waals surface area contributed by atoms with Crippen LogP contribution < -0.4 is 10.1 Å². The first kappa shape index (κ1) is 21.9. The maximum atomic E-state index is 13.1. The average Bonchev–Trinajstić information content (AvgIpc) is 3.56. The summed E-state index contributed by atoms with van der Waals surface area (Å²) in [5.74, 6) is -0.255. The zero-order chi connectivity index (χ0) is 24.6. The molecule has 7 nitrogen and oxygen atoms in total. The lowest BCUT2D eigenvalue weighted by molar-refractivity contribution is -0.122. The fourth-order valence-electron chi connectivity index (χ4n) is 4.80. The Morgan fingerprint density at radius 3 is 2.50 bits per heavy atom. The van der Waals surface area contributed by atoms with Gasteiger partial charge in [-0.15, -0.1) is 0 Å². The summed E-state index contributed by atoms with van der Waals surface area (Å²) in [6, 6.07) is 25.2. The molecule has 1 aliphatic rings. The van der Waals surface area contributed by atoms with Crippen LogP contribution in [0.15, 0.2) is 91.3 Å². The largest absolute Gasteiger partial charge is 0.489 e. The Morgan fingerprint density at radius 2 is 1.67 bits per heavy atom. The first-order chi connectivity index (χ1) is 17.6.